The van der Waals surface area contributed by atoms with E-state index in [4.69, 9.17) is 0 Å². The van der Waals surface area contributed by atoms with Gasteiger partial charge in [-0.05, 0) is 18.6 Å². The summed E-state index contributed by atoms with van der Waals surface area (Å²) in [6, 6.07) is 17.6. The lowest BCUT2D eigenvalue weighted by Gasteiger charge is -2.01. The van der Waals surface area contributed by atoms with Gasteiger partial charge in [0, 0.05) is 5.56 Å². The van der Waals surface area contributed by atoms with Crippen LogP contribution in [0.5, 0.6) is 0 Å². The Balaban J connectivity index is 2.36. The Morgan fingerprint density at radius 3 is 2.25 bits per heavy atom. The van der Waals surface area contributed by atoms with Crippen LogP contribution in [0.4, 0.5) is 0 Å². The molecule has 2 heteroatoms. The van der Waals surface area contributed by atoms with Crippen LogP contribution in [0.15, 0.2) is 54.6 Å². The SMILES string of the molecule is Cc1ccccc1[P+]([O-])=Cc1ccccc1. The van der Waals surface area contributed by atoms with Gasteiger partial charge in [-0.3, -0.25) is 0 Å². The maximum atomic E-state index is 12.1. The molecule has 0 heterocycles. The molecule has 1 nitrogen and oxygen atoms in total. The number of aryl methyl sites for hydroxylation is 1. The molecule has 0 N–H and O–H groups in total. The maximum absolute atomic E-state index is 12.1. The van der Waals surface area contributed by atoms with Gasteiger partial charge >= 0.3 is 0 Å². The summed E-state index contributed by atoms with van der Waals surface area (Å²) < 4.78 is 0. The van der Waals surface area contributed by atoms with Crippen molar-refractivity contribution in [1.82, 2.24) is 0 Å². The van der Waals surface area contributed by atoms with Crippen molar-refractivity contribution in [3.8, 4) is 0 Å². The highest BCUT2D eigenvalue weighted by molar-refractivity contribution is 7.58. The number of rotatable bonds is 2. The Labute approximate surface area is 96.9 Å². The number of hydrogen-bond acceptors (Lipinski definition) is 1. The molecule has 0 amide bonds. The molecule has 2 aromatic rings. The topological polar surface area (TPSA) is 23.1 Å². The first-order valence-corrected chi connectivity index (χ1v) is 6.52. The zero-order valence-corrected chi connectivity index (χ0v) is 10.0. The first kappa shape index (κ1) is 11.1. The van der Waals surface area contributed by atoms with Crippen LogP contribution >= 0.6 is 7.77 Å². The van der Waals surface area contributed by atoms with Crippen LogP contribution in [-0.2, 0) is 0 Å². The Morgan fingerprint density at radius 2 is 1.56 bits per heavy atom. The van der Waals surface area contributed by atoms with E-state index >= 15 is 0 Å². The second-order valence-electron chi connectivity index (χ2n) is 3.65. The van der Waals surface area contributed by atoms with Gasteiger partial charge in [0.25, 0.3) is 0 Å². The third-order valence-electron chi connectivity index (χ3n) is 2.42. The van der Waals surface area contributed by atoms with Gasteiger partial charge in [0.2, 0.25) is 0 Å². The van der Waals surface area contributed by atoms with E-state index in [2.05, 4.69) is 0 Å². The number of benzene rings is 2. The summed E-state index contributed by atoms with van der Waals surface area (Å²) in [7, 11) is -1.45. The van der Waals surface area contributed by atoms with Crippen molar-refractivity contribution in [3.05, 3.63) is 65.7 Å². The molecule has 0 saturated heterocycles. The number of hydrogen-bond donors (Lipinski definition) is 0. The summed E-state index contributed by atoms with van der Waals surface area (Å²) in [5, 5.41) is 0.918. The standard InChI is InChI=1S/C14H13OP/c1-12-7-5-6-10-14(12)16(15)11-13-8-3-2-4-9-13/h2-11H,1H3. The molecular formula is C14H13OP. The quantitative estimate of drug-likeness (QED) is 0.723. The van der Waals surface area contributed by atoms with Crippen LogP contribution in [0.25, 0.3) is 0 Å². The third-order valence-corrected chi connectivity index (χ3v) is 3.93. The van der Waals surface area contributed by atoms with Crippen molar-refractivity contribution in [1.29, 1.82) is 0 Å². The Morgan fingerprint density at radius 1 is 0.938 bits per heavy atom. The minimum absolute atomic E-state index is 0.918. The Kier molecular flexibility index (Phi) is 3.51. The minimum atomic E-state index is -1.45. The van der Waals surface area contributed by atoms with E-state index in [-0.39, 0.29) is 0 Å². The summed E-state index contributed by atoms with van der Waals surface area (Å²) in [5.41, 5.74) is 2.09. The van der Waals surface area contributed by atoms with E-state index in [1.165, 1.54) is 0 Å². The molecule has 0 fully saturated rings. The first-order valence-electron chi connectivity index (χ1n) is 5.19. The lowest BCUT2D eigenvalue weighted by molar-refractivity contribution is -0.149. The second kappa shape index (κ2) is 5.07. The second-order valence-corrected chi connectivity index (χ2v) is 5.04. The zero-order valence-electron chi connectivity index (χ0n) is 9.13. The summed E-state index contributed by atoms with van der Waals surface area (Å²) in [6.07, 6.45) is 0. The van der Waals surface area contributed by atoms with E-state index < -0.39 is 7.77 Å². The van der Waals surface area contributed by atoms with Crippen molar-refractivity contribution in [2.45, 2.75) is 6.92 Å². The zero-order chi connectivity index (χ0) is 11.4. The van der Waals surface area contributed by atoms with Crippen LogP contribution < -0.4 is 10.2 Å². The lowest BCUT2D eigenvalue weighted by Crippen LogP contribution is -2.09. The maximum Gasteiger partial charge on any atom is 0.147 e. The van der Waals surface area contributed by atoms with Crippen LogP contribution in [0, 0.1) is 6.92 Å². The summed E-state index contributed by atoms with van der Waals surface area (Å²) in [5.74, 6) is 1.82. The molecule has 1 unspecified atom stereocenters. The smallest absolute Gasteiger partial charge is 0.147 e. The largest absolute Gasteiger partial charge is 0.626 e. The minimum Gasteiger partial charge on any atom is -0.626 e. The van der Waals surface area contributed by atoms with Crippen molar-refractivity contribution >= 4 is 18.9 Å². The van der Waals surface area contributed by atoms with Gasteiger partial charge in [-0.25, -0.2) is 0 Å². The molecule has 2 rings (SSSR count). The van der Waals surface area contributed by atoms with E-state index in [9.17, 15) is 4.89 Å². The fourth-order valence-electron chi connectivity index (χ4n) is 1.55. The van der Waals surface area contributed by atoms with Gasteiger partial charge in [-0.15, -0.1) is 0 Å². The first-order chi connectivity index (χ1) is 7.77. The van der Waals surface area contributed by atoms with Crippen molar-refractivity contribution in [3.63, 3.8) is 0 Å². The van der Waals surface area contributed by atoms with Gasteiger partial charge in [-0.2, -0.15) is 0 Å². The van der Waals surface area contributed by atoms with Crippen LogP contribution in [0.2, 0.25) is 0 Å². The molecule has 0 saturated carbocycles. The van der Waals surface area contributed by atoms with E-state index in [1.54, 1.807) is 0 Å². The predicted octanol–water partition coefficient (Wildman–Crippen LogP) is 2.23. The monoisotopic (exact) mass is 228 g/mol. The van der Waals surface area contributed by atoms with E-state index in [0.717, 1.165) is 16.4 Å². The molecule has 0 bridgehead atoms. The normalized spacial score (nSPS) is 11.5. The third kappa shape index (κ3) is 2.57. The average Bonchev–Trinajstić information content (AvgIpc) is 2.31. The van der Waals surface area contributed by atoms with Crippen LogP contribution in [0.1, 0.15) is 11.1 Å². The van der Waals surface area contributed by atoms with Crippen LogP contribution in [-0.4, -0.2) is 5.80 Å². The molecule has 1 atom stereocenters. The van der Waals surface area contributed by atoms with E-state index in [1.807, 2.05) is 67.3 Å². The molecule has 0 aliphatic carbocycles. The fraction of sp³-hybridized carbons (Fsp3) is 0.0714. The summed E-state index contributed by atoms with van der Waals surface area (Å²) in [6.45, 7) is 1.99. The highest BCUT2D eigenvalue weighted by atomic mass is 31.1. The molecule has 80 valence electrons. The molecule has 2 aromatic carbocycles. The average molecular weight is 228 g/mol. The molecule has 16 heavy (non-hydrogen) atoms. The summed E-state index contributed by atoms with van der Waals surface area (Å²) >= 11 is 0. The van der Waals surface area contributed by atoms with Crippen LogP contribution in [0.3, 0.4) is 0 Å². The molecule has 0 aliphatic rings. The molecule has 0 aromatic heterocycles. The summed E-state index contributed by atoms with van der Waals surface area (Å²) in [4.78, 5) is 12.1. The van der Waals surface area contributed by atoms with Crippen molar-refractivity contribution in [2.24, 2.45) is 0 Å². The highest BCUT2D eigenvalue weighted by Gasteiger charge is 2.05. The van der Waals surface area contributed by atoms with Gasteiger partial charge in [0.15, 0.2) is 0 Å². The Bertz CT molecular complexity index is 503. The van der Waals surface area contributed by atoms with Gasteiger partial charge in [0.1, 0.15) is 11.1 Å². The lowest BCUT2D eigenvalue weighted by atomic mass is 10.2. The predicted molar refractivity (Wildman–Crippen MR) is 69.3 cm³/mol. The van der Waals surface area contributed by atoms with Crippen molar-refractivity contribution < 1.29 is 4.89 Å². The fourth-order valence-corrected chi connectivity index (χ4v) is 2.79. The van der Waals surface area contributed by atoms with Gasteiger partial charge < -0.3 is 4.89 Å². The molecule has 0 spiro atoms. The highest BCUT2D eigenvalue weighted by Crippen LogP contribution is 2.14. The Hall–Kier alpha value is -1.43. The molecular weight excluding hydrogens is 215 g/mol. The molecule has 0 aliphatic heterocycles. The van der Waals surface area contributed by atoms with Crippen molar-refractivity contribution in [2.75, 3.05) is 0 Å². The molecule has 0 radical (unpaired) electrons. The van der Waals surface area contributed by atoms with Gasteiger partial charge in [0.05, 0.1) is 7.77 Å². The van der Waals surface area contributed by atoms with E-state index in [0.29, 0.717) is 0 Å². The van der Waals surface area contributed by atoms with Gasteiger partial charge in [-0.1, -0.05) is 48.5 Å².